The Balaban J connectivity index is 1.67. The van der Waals surface area contributed by atoms with Gasteiger partial charge in [-0.3, -0.25) is 14.9 Å². The molecule has 0 spiro atoms. The predicted octanol–water partition coefficient (Wildman–Crippen LogP) is 4.26. The Morgan fingerprint density at radius 1 is 1.25 bits per heavy atom. The molecule has 0 saturated carbocycles. The largest absolute Gasteiger partial charge is 0.325 e. The van der Waals surface area contributed by atoms with Gasteiger partial charge in [0, 0.05) is 35.0 Å². The number of nitro benzene ring substituents is 1. The molecule has 0 aliphatic carbocycles. The fourth-order valence-electron chi connectivity index (χ4n) is 2.52. The third kappa shape index (κ3) is 4.68. The molecule has 28 heavy (non-hydrogen) atoms. The van der Waals surface area contributed by atoms with Gasteiger partial charge in [0.1, 0.15) is 0 Å². The number of carbonyl (C=O) groups is 1. The first-order valence-corrected chi connectivity index (χ1v) is 9.70. The maximum Gasteiger partial charge on any atom is 0.271 e. The number of benzene rings is 2. The molecule has 1 aromatic heterocycles. The summed E-state index contributed by atoms with van der Waals surface area (Å²) >= 11 is 7.17. The molecule has 0 radical (unpaired) electrons. The number of nitrogens with zero attached hydrogens (tertiary/aromatic N) is 4. The highest BCUT2D eigenvalue weighted by atomic mass is 35.5. The van der Waals surface area contributed by atoms with Crippen LogP contribution in [0.4, 0.5) is 11.4 Å². The summed E-state index contributed by atoms with van der Waals surface area (Å²) in [6.07, 6.45) is 0. The zero-order valence-electron chi connectivity index (χ0n) is 14.8. The van der Waals surface area contributed by atoms with Crippen LogP contribution in [0.3, 0.4) is 0 Å². The van der Waals surface area contributed by atoms with E-state index in [0.29, 0.717) is 28.2 Å². The molecule has 0 unspecified atom stereocenters. The van der Waals surface area contributed by atoms with Crippen LogP contribution in [0.25, 0.3) is 11.4 Å². The van der Waals surface area contributed by atoms with Crippen molar-refractivity contribution in [2.24, 2.45) is 0 Å². The highest BCUT2D eigenvalue weighted by Crippen LogP contribution is 2.25. The summed E-state index contributed by atoms with van der Waals surface area (Å²) in [5.74, 6) is 0.506. The number of thioether (sulfide) groups is 1. The van der Waals surface area contributed by atoms with E-state index in [0.717, 1.165) is 5.56 Å². The first-order chi connectivity index (χ1) is 13.5. The van der Waals surface area contributed by atoms with Gasteiger partial charge >= 0.3 is 0 Å². The maximum absolute atomic E-state index is 12.2. The lowest BCUT2D eigenvalue weighted by Crippen LogP contribution is -2.14. The van der Waals surface area contributed by atoms with E-state index in [1.165, 1.54) is 30.0 Å². The number of halogens is 1. The number of nitrogens with one attached hydrogen (secondary N) is 1. The van der Waals surface area contributed by atoms with Gasteiger partial charge in [-0.2, -0.15) is 0 Å². The molecule has 10 heteroatoms. The summed E-state index contributed by atoms with van der Waals surface area (Å²) in [5.41, 5.74) is 1.18. The van der Waals surface area contributed by atoms with Crippen LogP contribution in [0.15, 0.2) is 53.7 Å². The van der Waals surface area contributed by atoms with Gasteiger partial charge in [0.25, 0.3) is 5.69 Å². The van der Waals surface area contributed by atoms with Gasteiger partial charge in [-0.25, -0.2) is 0 Å². The molecule has 0 fully saturated rings. The summed E-state index contributed by atoms with van der Waals surface area (Å²) in [5, 5.41) is 23.1. The van der Waals surface area contributed by atoms with E-state index in [2.05, 4.69) is 15.5 Å². The Hall–Kier alpha value is -2.91. The Bertz CT molecular complexity index is 1010. The summed E-state index contributed by atoms with van der Waals surface area (Å²) in [4.78, 5) is 22.5. The van der Waals surface area contributed by atoms with Gasteiger partial charge in [0.15, 0.2) is 11.0 Å². The monoisotopic (exact) mass is 417 g/mol. The van der Waals surface area contributed by atoms with Gasteiger partial charge in [-0.05, 0) is 37.3 Å². The van der Waals surface area contributed by atoms with Crippen molar-refractivity contribution in [1.82, 2.24) is 14.8 Å². The lowest BCUT2D eigenvalue weighted by atomic mass is 10.2. The maximum atomic E-state index is 12.2. The van der Waals surface area contributed by atoms with Gasteiger partial charge in [0.05, 0.1) is 10.7 Å². The number of hydrogen-bond acceptors (Lipinski definition) is 6. The fraction of sp³-hybridized carbons (Fsp3) is 0.167. The minimum atomic E-state index is -0.508. The van der Waals surface area contributed by atoms with Crippen molar-refractivity contribution >= 4 is 40.6 Å². The highest BCUT2D eigenvalue weighted by molar-refractivity contribution is 7.99. The van der Waals surface area contributed by atoms with E-state index in [1.807, 2.05) is 23.6 Å². The van der Waals surface area contributed by atoms with E-state index >= 15 is 0 Å². The van der Waals surface area contributed by atoms with Gasteiger partial charge in [-0.1, -0.05) is 29.4 Å². The number of non-ortho nitro benzene ring substituents is 1. The lowest BCUT2D eigenvalue weighted by molar-refractivity contribution is -0.384. The fourth-order valence-corrected chi connectivity index (χ4v) is 3.45. The van der Waals surface area contributed by atoms with Gasteiger partial charge < -0.3 is 9.88 Å². The molecule has 8 nitrogen and oxygen atoms in total. The van der Waals surface area contributed by atoms with Crippen molar-refractivity contribution in [2.75, 3.05) is 11.1 Å². The molecule has 2 aromatic carbocycles. The zero-order valence-corrected chi connectivity index (χ0v) is 16.4. The van der Waals surface area contributed by atoms with Gasteiger partial charge in [-0.15, -0.1) is 10.2 Å². The number of rotatable bonds is 7. The molecule has 0 aliphatic rings. The first kappa shape index (κ1) is 19.8. The third-order valence-corrected chi connectivity index (χ3v) is 5.03. The van der Waals surface area contributed by atoms with E-state index < -0.39 is 4.92 Å². The Morgan fingerprint density at radius 3 is 2.68 bits per heavy atom. The topological polar surface area (TPSA) is 103 Å². The van der Waals surface area contributed by atoms with Crippen LogP contribution in [0.1, 0.15) is 6.92 Å². The van der Waals surface area contributed by atoms with Crippen molar-refractivity contribution in [3.05, 3.63) is 63.7 Å². The second-order valence-corrected chi connectivity index (χ2v) is 7.08. The molecular formula is C18H16ClN5O3S. The molecule has 0 bridgehead atoms. The lowest BCUT2D eigenvalue weighted by Gasteiger charge is -2.08. The molecule has 1 heterocycles. The molecule has 3 aromatic rings. The van der Waals surface area contributed by atoms with Crippen molar-refractivity contribution in [3.8, 4) is 11.4 Å². The third-order valence-electron chi connectivity index (χ3n) is 3.81. The van der Waals surface area contributed by atoms with Crippen LogP contribution >= 0.6 is 23.4 Å². The average Bonchev–Trinajstić information content (AvgIpc) is 3.10. The minimum absolute atomic E-state index is 0.0798. The van der Waals surface area contributed by atoms with Crippen molar-refractivity contribution in [2.45, 2.75) is 18.6 Å². The normalized spacial score (nSPS) is 10.6. The molecule has 144 valence electrons. The number of amides is 1. The molecule has 0 saturated heterocycles. The Morgan fingerprint density at radius 2 is 2.00 bits per heavy atom. The predicted molar refractivity (Wildman–Crippen MR) is 109 cm³/mol. The zero-order chi connectivity index (χ0) is 20.1. The number of carbonyl (C=O) groups excluding carboxylic acids is 1. The van der Waals surface area contributed by atoms with Crippen LogP contribution in [-0.4, -0.2) is 31.3 Å². The SMILES string of the molecule is CCn1c(SCC(=O)Nc2cccc([N+](=O)[O-])c2)nnc1-c1ccc(Cl)cc1. The van der Waals surface area contributed by atoms with Crippen molar-refractivity contribution in [1.29, 1.82) is 0 Å². The molecule has 0 aliphatic heterocycles. The van der Waals surface area contributed by atoms with E-state index in [1.54, 1.807) is 18.2 Å². The van der Waals surface area contributed by atoms with E-state index in [-0.39, 0.29) is 17.3 Å². The second-order valence-electron chi connectivity index (χ2n) is 5.70. The molecular weight excluding hydrogens is 402 g/mol. The molecule has 1 N–H and O–H groups in total. The summed E-state index contributed by atoms with van der Waals surface area (Å²) in [7, 11) is 0. The minimum Gasteiger partial charge on any atom is -0.325 e. The quantitative estimate of drug-likeness (QED) is 0.350. The Labute approximate surface area is 170 Å². The van der Waals surface area contributed by atoms with Crippen LogP contribution in [-0.2, 0) is 11.3 Å². The number of nitro groups is 1. The van der Waals surface area contributed by atoms with E-state index in [9.17, 15) is 14.9 Å². The van der Waals surface area contributed by atoms with Crippen LogP contribution in [0.2, 0.25) is 5.02 Å². The van der Waals surface area contributed by atoms with Gasteiger partial charge in [0.2, 0.25) is 5.91 Å². The molecule has 0 atom stereocenters. The second kappa shape index (κ2) is 8.85. The van der Waals surface area contributed by atoms with E-state index in [4.69, 9.17) is 11.6 Å². The summed E-state index contributed by atoms with van der Waals surface area (Å²) < 4.78 is 1.91. The number of anilines is 1. The van der Waals surface area contributed by atoms with Crippen LogP contribution in [0, 0.1) is 10.1 Å². The summed E-state index contributed by atoms with van der Waals surface area (Å²) in [6, 6.07) is 13.1. The number of hydrogen-bond donors (Lipinski definition) is 1. The molecule has 3 rings (SSSR count). The highest BCUT2D eigenvalue weighted by Gasteiger charge is 2.15. The number of aromatic nitrogens is 3. The smallest absolute Gasteiger partial charge is 0.271 e. The summed E-state index contributed by atoms with van der Waals surface area (Å²) in [6.45, 7) is 2.61. The average molecular weight is 418 g/mol. The van der Waals surface area contributed by atoms with Crippen molar-refractivity contribution in [3.63, 3.8) is 0 Å². The molecule has 1 amide bonds. The standard InChI is InChI=1S/C18H16ClN5O3S/c1-2-23-17(12-6-8-13(19)9-7-12)21-22-18(23)28-11-16(25)20-14-4-3-5-15(10-14)24(26)27/h3-10H,2,11H2,1H3,(H,20,25). The van der Waals surface area contributed by atoms with Crippen LogP contribution in [0.5, 0.6) is 0 Å². The first-order valence-electron chi connectivity index (χ1n) is 8.34. The van der Waals surface area contributed by atoms with Crippen molar-refractivity contribution < 1.29 is 9.72 Å². The Kier molecular flexibility index (Phi) is 6.27. The van der Waals surface area contributed by atoms with Crippen LogP contribution < -0.4 is 5.32 Å².